The van der Waals surface area contributed by atoms with Crippen molar-refractivity contribution in [2.45, 2.75) is 0 Å². The van der Waals surface area contributed by atoms with Crippen molar-refractivity contribution in [3.63, 3.8) is 0 Å². The van der Waals surface area contributed by atoms with E-state index in [1.807, 2.05) is 28.8 Å². The van der Waals surface area contributed by atoms with Crippen LogP contribution in [0.4, 0.5) is 4.39 Å². The molecule has 0 bridgehead atoms. The van der Waals surface area contributed by atoms with Gasteiger partial charge in [-0.05, 0) is 18.2 Å². The van der Waals surface area contributed by atoms with Gasteiger partial charge in [-0.3, -0.25) is 9.89 Å². The van der Waals surface area contributed by atoms with E-state index in [-0.39, 0.29) is 18.3 Å². The summed E-state index contributed by atoms with van der Waals surface area (Å²) in [5, 5.41) is 11.9. The van der Waals surface area contributed by atoms with Crippen molar-refractivity contribution in [3.05, 3.63) is 53.8 Å². The number of benzene rings is 2. The van der Waals surface area contributed by atoms with Crippen molar-refractivity contribution in [2.75, 3.05) is 44.9 Å². The number of thioether (sulfide) groups is 1. The summed E-state index contributed by atoms with van der Waals surface area (Å²) in [7, 11) is 1.55. The number of aromatic amines is 1. The first-order chi connectivity index (χ1) is 16.6. The molecule has 3 heterocycles. The Bertz CT molecular complexity index is 1300. The predicted octanol–water partition coefficient (Wildman–Crippen LogP) is 4.24. The molecule has 1 aliphatic rings. The van der Waals surface area contributed by atoms with E-state index in [4.69, 9.17) is 14.0 Å². The number of rotatable bonds is 7. The number of H-pyrrole nitrogens is 1. The Kier molecular flexibility index (Phi) is 6.50. The van der Waals surface area contributed by atoms with Gasteiger partial charge in [0.1, 0.15) is 18.0 Å². The Morgan fingerprint density at radius 2 is 1.97 bits per heavy atom. The Balaban J connectivity index is 1.35. The summed E-state index contributed by atoms with van der Waals surface area (Å²) in [5.41, 5.74) is 3.11. The van der Waals surface area contributed by atoms with Crippen molar-refractivity contribution in [3.8, 4) is 28.5 Å². The molecule has 4 aromatic rings. The molecule has 8 nitrogen and oxygen atoms in total. The number of amides is 1. The highest BCUT2D eigenvalue weighted by molar-refractivity contribution is 7.99. The van der Waals surface area contributed by atoms with E-state index in [1.54, 1.807) is 31.4 Å². The normalized spacial score (nSPS) is 14.0. The third-order valence-corrected chi connectivity index (χ3v) is 6.57. The topological polar surface area (TPSA) is 93.5 Å². The lowest BCUT2D eigenvalue weighted by atomic mass is 10.1. The molecule has 2 aromatic heterocycles. The van der Waals surface area contributed by atoms with Gasteiger partial charge in [0, 0.05) is 60.4 Å². The summed E-state index contributed by atoms with van der Waals surface area (Å²) < 4.78 is 30.4. The van der Waals surface area contributed by atoms with E-state index in [2.05, 4.69) is 15.4 Å². The SMILES string of the molecule is COCCOc1cc2[nH]nc(-c3cc(-c4ccc(C(=O)N5CCSCC5)cc4)no3)c2cc1F. The molecule has 176 valence electrons. The molecule has 0 saturated carbocycles. The van der Waals surface area contributed by atoms with Crippen LogP contribution in [0.2, 0.25) is 0 Å². The van der Waals surface area contributed by atoms with E-state index in [1.165, 1.54) is 6.07 Å². The second kappa shape index (κ2) is 9.86. The first kappa shape index (κ1) is 22.4. The van der Waals surface area contributed by atoms with E-state index < -0.39 is 5.82 Å². The fourth-order valence-corrected chi connectivity index (χ4v) is 4.71. The maximum absolute atomic E-state index is 14.5. The number of ether oxygens (including phenoxy) is 2. The third-order valence-electron chi connectivity index (χ3n) is 5.63. The number of hydrogen-bond donors (Lipinski definition) is 1. The number of methoxy groups -OCH3 is 1. The molecule has 0 aliphatic carbocycles. The lowest BCUT2D eigenvalue weighted by Crippen LogP contribution is -2.37. The van der Waals surface area contributed by atoms with E-state index in [0.29, 0.717) is 40.2 Å². The van der Waals surface area contributed by atoms with Crippen molar-refractivity contribution in [2.24, 2.45) is 0 Å². The molecule has 34 heavy (non-hydrogen) atoms. The van der Waals surface area contributed by atoms with Gasteiger partial charge in [0.15, 0.2) is 17.3 Å². The molecule has 1 aliphatic heterocycles. The Morgan fingerprint density at radius 3 is 2.74 bits per heavy atom. The highest BCUT2D eigenvalue weighted by atomic mass is 32.2. The van der Waals surface area contributed by atoms with Crippen LogP contribution in [0.1, 0.15) is 10.4 Å². The number of fused-ring (bicyclic) bond motifs is 1. The first-order valence-corrected chi connectivity index (χ1v) is 12.0. The van der Waals surface area contributed by atoms with Crippen molar-refractivity contribution in [1.29, 1.82) is 0 Å². The van der Waals surface area contributed by atoms with E-state index >= 15 is 0 Å². The summed E-state index contributed by atoms with van der Waals surface area (Å²) in [4.78, 5) is 14.6. The molecule has 10 heteroatoms. The average molecular weight is 483 g/mol. The predicted molar refractivity (Wildman–Crippen MR) is 128 cm³/mol. The molecule has 0 atom stereocenters. The molecule has 1 fully saturated rings. The number of nitrogens with one attached hydrogen (secondary N) is 1. The largest absolute Gasteiger partial charge is 0.488 e. The highest BCUT2D eigenvalue weighted by Gasteiger charge is 2.20. The first-order valence-electron chi connectivity index (χ1n) is 10.9. The van der Waals surface area contributed by atoms with Gasteiger partial charge in [-0.2, -0.15) is 16.9 Å². The van der Waals surface area contributed by atoms with E-state index in [9.17, 15) is 9.18 Å². The monoisotopic (exact) mass is 482 g/mol. The Morgan fingerprint density at radius 1 is 1.18 bits per heavy atom. The van der Waals surface area contributed by atoms with Crippen LogP contribution in [0.5, 0.6) is 5.75 Å². The third kappa shape index (κ3) is 4.51. The van der Waals surface area contributed by atoms with Gasteiger partial charge in [-0.1, -0.05) is 17.3 Å². The quantitative estimate of drug-likeness (QED) is 0.394. The minimum Gasteiger partial charge on any atom is -0.488 e. The zero-order valence-corrected chi connectivity index (χ0v) is 19.4. The molecular formula is C24H23FN4O4S. The van der Waals surface area contributed by atoms with Gasteiger partial charge >= 0.3 is 0 Å². The maximum Gasteiger partial charge on any atom is 0.253 e. The van der Waals surface area contributed by atoms with Crippen LogP contribution in [0.3, 0.4) is 0 Å². The molecule has 5 rings (SSSR count). The number of aromatic nitrogens is 3. The van der Waals surface area contributed by atoms with Gasteiger partial charge in [-0.25, -0.2) is 4.39 Å². The fraction of sp³-hybridized carbons (Fsp3) is 0.292. The number of carbonyl (C=O) groups is 1. The van der Waals surface area contributed by atoms with Gasteiger partial charge in [0.2, 0.25) is 0 Å². The van der Waals surface area contributed by atoms with Crippen LogP contribution < -0.4 is 4.74 Å². The number of carbonyl (C=O) groups excluding carboxylic acids is 1. The van der Waals surface area contributed by atoms with Gasteiger partial charge < -0.3 is 18.9 Å². The van der Waals surface area contributed by atoms with Gasteiger partial charge in [-0.15, -0.1) is 0 Å². The number of halogens is 1. The smallest absolute Gasteiger partial charge is 0.253 e. The molecule has 2 aromatic carbocycles. The Hall–Kier alpha value is -3.37. The lowest BCUT2D eigenvalue weighted by Gasteiger charge is -2.26. The van der Waals surface area contributed by atoms with E-state index in [0.717, 1.165) is 30.2 Å². The standard InChI is InChI=1S/C24H23FN4O4S/c1-31-8-9-32-21-14-20-17(12-18(21)25)23(27-26-20)22-13-19(28-33-22)15-2-4-16(5-3-15)24(30)29-6-10-34-11-7-29/h2-5,12-14H,6-11H2,1H3,(H,26,27). The van der Waals surface area contributed by atoms with Crippen LogP contribution in [0.15, 0.2) is 47.0 Å². The summed E-state index contributed by atoms with van der Waals surface area (Å²) in [5.74, 6) is 2.01. The highest BCUT2D eigenvalue weighted by Crippen LogP contribution is 2.33. The summed E-state index contributed by atoms with van der Waals surface area (Å²) >= 11 is 1.87. The molecule has 1 N–H and O–H groups in total. The number of nitrogens with zero attached hydrogens (tertiary/aromatic N) is 3. The molecule has 1 amide bonds. The van der Waals surface area contributed by atoms with Crippen LogP contribution in [0.25, 0.3) is 33.6 Å². The maximum atomic E-state index is 14.5. The molecule has 1 saturated heterocycles. The summed E-state index contributed by atoms with van der Waals surface area (Å²) in [6, 6.07) is 12.0. The van der Waals surface area contributed by atoms with Crippen LogP contribution in [0, 0.1) is 5.82 Å². The van der Waals surface area contributed by atoms with Crippen LogP contribution >= 0.6 is 11.8 Å². The zero-order valence-electron chi connectivity index (χ0n) is 18.5. The molecular weight excluding hydrogens is 459 g/mol. The fourth-order valence-electron chi connectivity index (χ4n) is 3.81. The van der Waals surface area contributed by atoms with Crippen LogP contribution in [-0.4, -0.2) is 71.1 Å². The number of hydrogen-bond acceptors (Lipinski definition) is 7. The van der Waals surface area contributed by atoms with Crippen LogP contribution in [-0.2, 0) is 4.74 Å². The molecule has 0 unspecified atom stereocenters. The van der Waals surface area contributed by atoms with Gasteiger partial charge in [0.05, 0.1) is 12.1 Å². The van der Waals surface area contributed by atoms with Crippen molar-refractivity contribution in [1.82, 2.24) is 20.3 Å². The molecule has 0 radical (unpaired) electrons. The van der Waals surface area contributed by atoms with Crippen molar-refractivity contribution >= 4 is 28.6 Å². The van der Waals surface area contributed by atoms with Gasteiger partial charge in [0.25, 0.3) is 5.91 Å². The minimum atomic E-state index is -0.501. The molecule has 0 spiro atoms. The zero-order chi connectivity index (χ0) is 23.5. The minimum absolute atomic E-state index is 0.0447. The lowest BCUT2D eigenvalue weighted by molar-refractivity contribution is 0.0772. The average Bonchev–Trinajstić information content (AvgIpc) is 3.51. The summed E-state index contributed by atoms with van der Waals surface area (Å²) in [6.45, 7) is 2.15. The summed E-state index contributed by atoms with van der Waals surface area (Å²) in [6.07, 6.45) is 0. The second-order valence-corrected chi connectivity index (χ2v) is 9.02. The van der Waals surface area contributed by atoms with Crippen molar-refractivity contribution < 1.29 is 23.2 Å². The second-order valence-electron chi connectivity index (χ2n) is 7.80. The Labute approximate surface area is 199 Å².